The minimum absolute atomic E-state index is 0.0205. The molecule has 0 saturated heterocycles. The van der Waals surface area contributed by atoms with E-state index in [0.717, 1.165) is 24.2 Å². The van der Waals surface area contributed by atoms with Crippen LogP contribution in [-0.4, -0.2) is 24.1 Å². The van der Waals surface area contributed by atoms with Gasteiger partial charge < -0.3 is 16.8 Å². The zero-order valence-corrected chi connectivity index (χ0v) is 8.96. The molecule has 2 heterocycles. The molecule has 0 radical (unpaired) electrons. The van der Waals surface area contributed by atoms with Crippen LogP contribution in [0.3, 0.4) is 0 Å². The fourth-order valence-electron chi connectivity index (χ4n) is 1.64. The maximum absolute atomic E-state index is 5.88. The van der Waals surface area contributed by atoms with E-state index in [1.54, 1.807) is 0 Å². The Morgan fingerprint density at radius 1 is 1.53 bits per heavy atom. The summed E-state index contributed by atoms with van der Waals surface area (Å²) in [6.07, 6.45) is 3.54. The third-order valence-corrected chi connectivity index (χ3v) is 2.55. The zero-order valence-electron chi connectivity index (χ0n) is 8.20. The van der Waals surface area contributed by atoms with Crippen LogP contribution in [0.1, 0.15) is 5.56 Å². The summed E-state index contributed by atoms with van der Waals surface area (Å²) in [5, 5.41) is 3.79. The normalized spacial score (nSPS) is 21.2. The number of anilines is 1. The maximum Gasteiger partial charge on any atom is 0.131 e. The van der Waals surface area contributed by atoms with Crippen LogP contribution in [0.15, 0.2) is 18.3 Å². The molecule has 4 nitrogen and oxygen atoms in total. The van der Waals surface area contributed by atoms with Gasteiger partial charge in [-0.2, -0.15) is 0 Å². The molecule has 0 bridgehead atoms. The first-order chi connectivity index (χ1) is 7.16. The van der Waals surface area contributed by atoms with Gasteiger partial charge in [0.2, 0.25) is 0 Å². The van der Waals surface area contributed by atoms with Crippen molar-refractivity contribution < 1.29 is 0 Å². The van der Waals surface area contributed by atoms with Gasteiger partial charge in [0.05, 0.1) is 5.02 Å². The summed E-state index contributed by atoms with van der Waals surface area (Å²) in [7, 11) is 0. The van der Waals surface area contributed by atoms with E-state index < -0.39 is 0 Å². The molecule has 0 saturated carbocycles. The number of nitrogens with one attached hydrogen (secondary N) is 1. The number of hydrogen-bond acceptors (Lipinski definition) is 4. The molecule has 0 fully saturated rings. The Labute approximate surface area is 93.3 Å². The molecule has 15 heavy (non-hydrogen) atoms. The number of aromatic nitrogens is 1. The topological polar surface area (TPSA) is 77.0 Å². The lowest BCUT2D eigenvalue weighted by Gasteiger charge is -2.20. The highest BCUT2D eigenvalue weighted by molar-refractivity contribution is 6.30. The first-order valence-corrected chi connectivity index (χ1v) is 5.13. The van der Waals surface area contributed by atoms with Crippen molar-refractivity contribution in [3.05, 3.63) is 28.9 Å². The van der Waals surface area contributed by atoms with Crippen molar-refractivity contribution >= 4 is 23.0 Å². The van der Waals surface area contributed by atoms with Gasteiger partial charge in [-0.05, 0) is 11.6 Å². The van der Waals surface area contributed by atoms with Crippen LogP contribution in [0, 0.1) is 0 Å². The number of hydrogen-bond donors (Lipinski definition) is 3. The molecule has 0 amide bonds. The molecule has 2 rings (SSSR count). The number of pyridine rings is 1. The summed E-state index contributed by atoms with van der Waals surface area (Å²) < 4.78 is 0. The van der Waals surface area contributed by atoms with Gasteiger partial charge in [-0.1, -0.05) is 17.7 Å². The lowest BCUT2D eigenvalue weighted by Crippen LogP contribution is -2.37. The molecule has 1 aliphatic heterocycles. The van der Waals surface area contributed by atoms with Crippen LogP contribution in [0.4, 0.5) is 5.82 Å². The van der Waals surface area contributed by atoms with E-state index in [0.29, 0.717) is 10.8 Å². The van der Waals surface area contributed by atoms with Crippen LogP contribution in [0.2, 0.25) is 5.02 Å². The predicted molar refractivity (Wildman–Crippen MR) is 62.5 cm³/mol. The van der Waals surface area contributed by atoms with Crippen molar-refractivity contribution in [3.8, 4) is 0 Å². The minimum Gasteiger partial charge on any atom is -0.383 e. The molecule has 1 aromatic heterocycles. The van der Waals surface area contributed by atoms with Crippen molar-refractivity contribution in [1.29, 1.82) is 0 Å². The number of rotatable bonds is 1. The van der Waals surface area contributed by atoms with E-state index in [-0.39, 0.29) is 6.04 Å². The third kappa shape index (κ3) is 2.28. The molecule has 1 unspecified atom stereocenters. The van der Waals surface area contributed by atoms with Crippen LogP contribution in [0.5, 0.6) is 0 Å². The second kappa shape index (κ2) is 4.18. The van der Waals surface area contributed by atoms with Crippen LogP contribution in [-0.2, 0) is 0 Å². The fourth-order valence-corrected chi connectivity index (χ4v) is 1.80. The van der Waals surface area contributed by atoms with Crippen molar-refractivity contribution in [2.75, 3.05) is 18.8 Å². The molecule has 0 spiro atoms. The largest absolute Gasteiger partial charge is 0.383 e. The molecular weight excluding hydrogens is 212 g/mol. The van der Waals surface area contributed by atoms with E-state index in [2.05, 4.69) is 10.3 Å². The highest BCUT2D eigenvalue weighted by Gasteiger charge is 2.13. The standard InChI is InChI=1S/C10H13ClN4/c11-7-2-9(10(13)15-4-7)6-1-8(12)5-14-3-6/h1-2,4,8,14H,3,5,12H2,(H2,13,15). The lowest BCUT2D eigenvalue weighted by atomic mass is 10.0. The van der Waals surface area contributed by atoms with Crippen LogP contribution < -0.4 is 16.8 Å². The monoisotopic (exact) mass is 224 g/mol. The molecule has 1 aliphatic rings. The Bertz CT molecular complexity index is 402. The zero-order chi connectivity index (χ0) is 10.8. The Kier molecular flexibility index (Phi) is 2.90. The van der Waals surface area contributed by atoms with Gasteiger partial charge in [-0.15, -0.1) is 0 Å². The Morgan fingerprint density at radius 2 is 2.33 bits per heavy atom. The minimum atomic E-state index is 0.0205. The molecule has 1 aromatic rings. The van der Waals surface area contributed by atoms with Gasteiger partial charge >= 0.3 is 0 Å². The predicted octanol–water partition coefficient (Wildman–Crippen LogP) is 0.631. The van der Waals surface area contributed by atoms with Crippen LogP contribution >= 0.6 is 11.6 Å². The summed E-state index contributed by atoms with van der Waals surface area (Å²) >= 11 is 5.88. The van der Waals surface area contributed by atoms with E-state index in [1.807, 2.05) is 12.1 Å². The smallest absolute Gasteiger partial charge is 0.131 e. The van der Waals surface area contributed by atoms with Gasteiger partial charge in [0.15, 0.2) is 0 Å². The van der Waals surface area contributed by atoms with Gasteiger partial charge in [0.1, 0.15) is 5.82 Å². The molecule has 5 N–H and O–H groups in total. The number of nitrogens with two attached hydrogens (primary N) is 2. The Morgan fingerprint density at radius 3 is 3.07 bits per heavy atom. The number of nitrogen functional groups attached to an aromatic ring is 1. The Hall–Kier alpha value is -1.10. The highest BCUT2D eigenvalue weighted by Crippen LogP contribution is 2.24. The number of halogens is 1. The van der Waals surface area contributed by atoms with Gasteiger partial charge in [-0.25, -0.2) is 4.98 Å². The van der Waals surface area contributed by atoms with Crippen molar-refractivity contribution in [2.24, 2.45) is 5.73 Å². The summed E-state index contributed by atoms with van der Waals surface area (Å²) in [6, 6.07) is 1.84. The van der Waals surface area contributed by atoms with E-state index in [4.69, 9.17) is 23.1 Å². The second-order valence-corrected chi connectivity index (χ2v) is 4.01. The van der Waals surface area contributed by atoms with Crippen molar-refractivity contribution in [3.63, 3.8) is 0 Å². The SMILES string of the molecule is Nc1ncc(Cl)cc1C1=CC(N)CNC1. The molecule has 0 aromatic carbocycles. The first-order valence-electron chi connectivity index (χ1n) is 4.75. The van der Waals surface area contributed by atoms with E-state index in [9.17, 15) is 0 Å². The van der Waals surface area contributed by atoms with Crippen molar-refractivity contribution in [2.45, 2.75) is 6.04 Å². The maximum atomic E-state index is 5.88. The van der Waals surface area contributed by atoms with Gasteiger partial charge in [0.25, 0.3) is 0 Å². The molecule has 0 aliphatic carbocycles. The molecule has 80 valence electrons. The van der Waals surface area contributed by atoms with E-state index in [1.165, 1.54) is 6.20 Å². The van der Waals surface area contributed by atoms with Gasteiger partial charge in [0, 0.05) is 30.9 Å². The Balaban J connectivity index is 2.40. The number of nitrogens with zero attached hydrogens (tertiary/aromatic N) is 1. The third-order valence-electron chi connectivity index (χ3n) is 2.34. The van der Waals surface area contributed by atoms with Crippen LogP contribution in [0.25, 0.3) is 5.57 Å². The van der Waals surface area contributed by atoms with Gasteiger partial charge in [-0.3, -0.25) is 0 Å². The van der Waals surface area contributed by atoms with Crippen molar-refractivity contribution in [1.82, 2.24) is 10.3 Å². The summed E-state index contributed by atoms with van der Waals surface area (Å²) in [5.74, 6) is 0.488. The average Bonchev–Trinajstić information content (AvgIpc) is 2.22. The molecular formula is C10H13ClN4. The molecule has 5 heteroatoms. The quantitative estimate of drug-likeness (QED) is 0.654. The first kappa shape index (κ1) is 10.4. The lowest BCUT2D eigenvalue weighted by molar-refractivity contribution is 0.663. The molecule has 1 atom stereocenters. The second-order valence-electron chi connectivity index (χ2n) is 3.57. The summed E-state index contributed by atoms with van der Waals surface area (Å²) in [6.45, 7) is 1.54. The average molecular weight is 225 g/mol. The van der Waals surface area contributed by atoms with E-state index >= 15 is 0 Å². The summed E-state index contributed by atoms with van der Waals surface area (Å²) in [4.78, 5) is 4.02. The highest BCUT2D eigenvalue weighted by atomic mass is 35.5. The fraction of sp³-hybridized carbons (Fsp3) is 0.300. The summed E-state index contributed by atoms with van der Waals surface area (Å²) in [5.41, 5.74) is 13.5.